The van der Waals surface area contributed by atoms with Gasteiger partial charge in [-0.2, -0.15) is 0 Å². The number of halogens is 1. The van der Waals surface area contributed by atoms with Gasteiger partial charge in [-0.1, -0.05) is 0 Å². The van der Waals surface area contributed by atoms with Gasteiger partial charge in [0, 0.05) is 23.7 Å². The van der Waals surface area contributed by atoms with Crippen LogP contribution in [-0.4, -0.2) is 28.6 Å². The van der Waals surface area contributed by atoms with Crippen LogP contribution in [0.2, 0.25) is 0 Å². The smallest absolute Gasteiger partial charge is 0.274 e. The van der Waals surface area contributed by atoms with Crippen molar-refractivity contribution >= 4 is 5.91 Å². The van der Waals surface area contributed by atoms with Crippen LogP contribution in [0.25, 0.3) is 0 Å². The van der Waals surface area contributed by atoms with Gasteiger partial charge in [0.1, 0.15) is 5.82 Å². The summed E-state index contributed by atoms with van der Waals surface area (Å²) in [6.07, 6.45) is 3.08. The first-order valence-electron chi connectivity index (χ1n) is 6.19. The zero-order valence-corrected chi connectivity index (χ0v) is 9.95. The molecule has 0 bridgehead atoms. The topological polar surface area (TPSA) is 52.6 Å². The molecule has 1 aromatic rings. The summed E-state index contributed by atoms with van der Waals surface area (Å²) in [7, 11) is 0. The lowest BCUT2D eigenvalue weighted by molar-refractivity contribution is 0.0705. The molecule has 0 spiro atoms. The Morgan fingerprint density at radius 1 is 1.50 bits per heavy atom. The molecule has 2 aliphatic rings. The Hall–Kier alpha value is -1.46. The van der Waals surface area contributed by atoms with E-state index in [1.165, 1.54) is 6.07 Å². The maximum atomic E-state index is 14.0. The quantitative estimate of drug-likeness (QED) is 0.586. The van der Waals surface area contributed by atoms with Gasteiger partial charge in [-0.05, 0) is 43.5 Å². The number of benzene rings is 1. The van der Waals surface area contributed by atoms with Gasteiger partial charge in [-0.15, -0.1) is 0 Å². The molecular formula is C13H15FN2O2. The first-order valence-corrected chi connectivity index (χ1v) is 6.19. The maximum Gasteiger partial charge on any atom is 0.274 e. The van der Waals surface area contributed by atoms with Crippen molar-refractivity contribution in [2.75, 3.05) is 6.54 Å². The molecule has 5 heteroatoms. The van der Waals surface area contributed by atoms with E-state index in [0.29, 0.717) is 18.2 Å². The van der Waals surface area contributed by atoms with Crippen molar-refractivity contribution < 1.29 is 14.4 Å². The first kappa shape index (κ1) is 11.6. The molecule has 0 saturated carbocycles. The van der Waals surface area contributed by atoms with Crippen molar-refractivity contribution in [1.29, 1.82) is 0 Å². The number of hydrogen-bond donors (Lipinski definition) is 2. The van der Waals surface area contributed by atoms with E-state index in [-0.39, 0.29) is 11.4 Å². The molecule has 3 rings (SSSR count). The molecule has 0 aliphatic carbocycles. The van der Waals surface area contributed by atoms with Crippen LogP contribution in [0, 0.1) is 5.82 Å². The monoisotopic (exact) mass is 250 g/mol. The predicted molar refractivity (Wildman–Crippen MR) is 62.8 cm³/mol. The van der Waals surface area contributed by atoms with Crippen LogP contribution in [0.4, 0.5) is 4.39 Å². The molecular weight excluding hydrogens is 235 g/mol. The van der Waals surface area contributed by atoms with Gasteiger partial charge < -0.3 is 0 Å². The van der Waals surface area contributed by atoms with E-state index in [1.807, 2.05) is 0 Å². The zero-order valence-electron chi connectivity index (χ0n) is 9.95. The van der Waals surface area contributed by atoms with Crippen molar-refractivity contribution in [2.45, 2.75) is 31.8 Å². The summed E-state index contributed by atoms with van der Waals surface area (Å²) in [4.78, 5) is 13.6. The Bertz CT molecular complexity index is 504. The number of rotatable bonds is 1. The van der Waals surface area contributed by atoms with Gasteiger partial charge in [0.2, 0.25) is 0 Å². The number of carbonyl (C=O) groups excluding carboxylic acids is 1. The minimum absolute atomic E-state index is 0.181. The average Bonchev–Trinajstić information content (AvgIpc) is 2.82. The van der Waals surface area contributed by atoms with Crippen LogP contribution >= 0.6 is 0 Å². The fourth-order valence-corrected chi connectivity index (χ4v) is 3.04. The van der Waals surface area contributed by atoms with Crippen molar-refractivity contribution in [1.82, 2.24) is 10.4 Å². The summed E-state index contributed by atoms with van der Waals surface area (Å²) in [6, 6.07) is 3.37. The van der Waals surface area contributed by atoms with Gasteiger partial charge in [-0.25, -0.2) is 9.87 Å². The van der Waals surface area contributed by atoms with Crippen molar-refractivity contribution in [3.8, 4) is 0 Å². The second-order valence-corrected chi connectivity index (χ2v) is 5.01. The number of hydroxylamine groups is 1. The summed E-state index contributed by atoms with van der Waals surface area (Å²) in [5, 5.41) is 8.60. The third-order valence-electron chi connectivity index (χ3n) is 3.97. The number of nitrogens with one attached hydrogen (secondary N) is 1. The standard InChI is InChI=1S/C13H15FN2O2/c14-12-6-9(13(17)15-18)4-8-5-10-2-1-3-16(10)7-11(8)12/h4,6,10,18H,1-3,5,7H2,(H,15,17). The highest BCUT2D eigenvalue weighted by atomic mass is 19.1. The second-order valence-electron chi connectivity index (χ2n) is 5.01. The number of carbonyl (C=O) groups is 1. The van der Waals surface area contributed by atoms with Gasteiger partial charge in [-0.3, -0.25) is 14.9 Å². The molecule has 18 heavy (non-hydrogen) atoms. The molecule has 1 amide bonds. The number of hydrogen-bond acceptors (Lipinski definition) is 3. The van der Waals surface area contributed by atoms with Crippen molar-refractivity contribution in [2.24, 2.45) is 0 Å². The average molecular weight is 250 g/mol. The molecule has 1 fully saturated rings. The Morgan fingerprint density at radius 2 is 2.33 bits per heavy atom. The van der Waals surface area contributed by atoms with E-state index in [1.54, 1.807) is 11.5 Å². The predicted octanol–water partition coefficient (Wildman–Crippen LogP) is 1.47. The lowest BCUT2D eigenvalue weighted by Crippen LogP contribution is -2.36. The number of fused-ring (bicyclic) bond motifs is 2. The van der Waals surface area contributed by atoms with Crippen molar-refractivity contribution in [3.63, 3.8) is 0 Å². The molecule has 1 atom stereocenters. The second kappa shape index (κ2) is 4.33. The summed E-state index contributed by atoms with van der Waals surface area (Å²) in [5.41, 5.74) is 3.32. The Kier molecular flexibility index (Phi) is 2.80. The molecule has 2 heterocycles. The molecule has 0 aromatic heterocycles. The highest BCUT2D eigenvalue weighted by Crippen LogP contribution is 2.32. The third kappa shape index (κ3) is 1.79. The van der Waals surface area contributed by atoms with E-state index < -0.39 is 5.91 Å². The highest BCUT2D eigenvalue weighted by molar-refractivity contribution is 5.93. The van der Waals surface area contributed by atoms with Crippen LogP contribution in [0.3, 0.4) is 0 Å². The van der Waals surface area contributed by atoms with E-state index in [2.05, 4.69) is 4.90 Å². The lowest BCUT2D eigenvalue weighted by atomic mass is 9.92. The van der Waals surface area contributed by atoms with Gasteiger partial charge in [0.15, 0.2) is 0 Å². The van der Waals surface area contributed by atoms with Crippen LogP contribution in [0.15, 0.2) is 12.1 Å². The first-order chi connectivity index (χ1) is 8.69. The SMILES string of the molecule is O=C(NO)c1cc(F)c2c(c1)CC1CCCN1C2. The highest BCUT2D eigenvalue weighted by Gasteiger charge is 2.31. The molecule has 2 N–H and O–H groups in total. The third-order valence-corrected chi connectivity index (χ3v) is 3.97. The minimum Gasteiger partial charge on any atom is -0.296 e. The van der Waals surface area contributed by atoms with Crippen LogP contribution < -0.4 is 5.48 Å². The minimum atomic E-state index is -0.662. The van der Waals surface area contributed by atoms with Crippen LogP contribution in [-0.2, 0) is 13.0 Å². The molecule has 96 valence electrons. The van der Waals surface area contributed by atoms with E-state index >= 15 is 0 Å². The lowest BCUT2D eigenvalue weighted by Gasteiger charge is -2.31. The molecule has 2 aliphatic heterocycles. The molecule has 1 unspecified atom stereocenters. The number of amides is 1. The van der Waals surface area contributed by atoms with Crippen molar-refractivity contribution in [3.05, 3.63) is 34.6 Å². The van der Waals surface area contributed by atoms with E-state index in [4.69, 9.17) is 5.21 Å². The fourth-order valence-electron chi connectivity index (χ4n) is 3.04. The molecule has 0 radical (unpaired) electrons. The van der Waals surface area contributed by atoms with Crippen LogP contribution in [0.1, 0.15) is 34.3 Å². The zero-order chi connectivity index (χ0) is 12.7. The molecule has 1 aromatic carbocycles. The summed E-state index contributed by atoms with van der Waals surface area (Å²) >= 11 is 0. The van der Waals surface area contributed by atoms with E-state index in [0.717, 1.165) is 31.4 Å². The number of nitrogens with zero attached hydrogens (tertiary/aromatic N) is 1. The van der Waals surface area contributed by atoms with Gasteiger partial charge >= 0.3 is 0 Å². The fraction of sp³-hybridized carbons (Fsp3) is 0.462. The van der Waals surface area contributed by atoms with Crippen LogP contribution in [0.5, 0.6) is 0 Å². The summed E-state index contributed by atoms with van der Waals surface area (Å²) in [6.45, 7) is 1.66. The van der Waals surface area contributed by atoms with E-state index in [9.17, 15) is 9.18 Å². The van der Waals surface area contributed by atoms with Gasteiger partial charge in [0.05, 0.1) is 0 Å². The van der Waals surface area contributed by atoms with Gasteiger partial charge in [0.25, 0.3) is 5.91 Å². The Balaban J connectivity index is 1.99. The Morgan fingerprint density at radius 3 is 3.11 bits per heavy atom. The molecule has 4 nitrogen and oxygen atoms in total. The maximum absolute atomic E-state index is 14.0. The summed E-state index contributed by atoms with van der Waals surface area (Å²) in [5.74, 6) is -1.01. The normalized spacial score (nSPS) is 22.4. The molecule has 1 saturated heterocycles. The summed E-state index contributed by atoms with van der Waals surface area (Å²) < 4.78 is 14.0. The largest absolute Gasteiger partial charge is 0.296 e. The Labute approximate surface area is 104 Å².